The first kappa shape index (κ1) is 17.9. The van der Waals surface area contributed by atoms with E-state index in [1.54, 1.807) is 11.7 Å². The number of amides is 1. The summed E-state index contributed by atoms with van der Waals surface area (Å²) in [5, 5.41) is 12.2. The van der Waals surface area contributed by atoms with Crippen LogP contribution in [0.15, 0.2) is 29.4 Å². The highest BCUT2D eigenvalue weighted by molar-refractivity contribution is 7.99. The zero-order valence-electron chi connectivity index (χ0n) is 14.0. The number of aryl methyl sites for hydroxylation is 1. The molecule has 1 aromatic heterocycles. The Kier molecular flexibility index (Phi) is 5.09. The van der Waals surface area contributed by atoms with Gasteiger partial charge in [0.1, 0.15) is 0 Å². The normalized spacial score (nSPS) is 19.0. The number of sulfone groups is 1. The van der Waals surface area contributed by atoms with Crippen LogP contribution in [0.1, 0.15) is 12.0 Å². The fourth-order valence-corrected chi connectivity index (χ4v) is 5.29. The van der Waals surface area contributed by atoms with E-state index in [9.17, 15) is 13.2 Å². The number of tetrazole rings is 1. The Morgan fingerprint density at radius 3 is 2.92 bits per heavy atom. The van der Waals surface area contributed by atoms with Crippen LogP contribution in [-0.2, 0) is 14.6 Å². The first-order valence-corrected chi connectivity index (χ1v) is 10.6. The first-order valence-electron chi connectivity index (χ1n) is 7.80. The van der Waals surface area contributed by atoms with Gasteiger partial charge >= 0.3 is 0 Å². The van der Waals surface area contributed by atoms with Crippen LogP contribution in [0.5, 0.6) is 0 Å². The summed E-state index contributed by atoms with van der Waals surface area (Å²) in [5.41, 5.74) is 1.91. The number of benzene rings is 1. The number of hydrogen-bond acceptors (Lipinski definition) is 7. The van der Waals surface area contributed by atoms with Crippen molar-refractivity contribution in [3.63, 3.8) is 0 Å². The number of carbonyl (C=O) groups excluding carboxylic acids is 1. The maximum atomic E-state index is 12.4. The Morgan fingerprint density at radius 2 is 2.24 bits per heavy atom. The lowest BCUT2D eigenvalue weighted by molar-refractivity contribution is -0.128. The molecule has 10 heteroatoms. The van der Waals surface area contributed by atoms with Crippen molar-refractivity contribution in [3.05, 3.63) is 29.8 Å². The molecule has 1 atom stereocenters. The van der Waals surface area contributed by atoms with E-state index in [-0.39, 0.29) is 29.2 Å². The van der Waals surface area contributed by atoms with Gasteiger partial charge in [-0.3, -0.25) is 4.79 Å². The van der Waals surface area contributed by atoms with Crippen LogP contribution >= 0.6 is 11.8 Å². The van der Waals surface area contributed by atoms with Crippen molar-refractivity contribution in [3.8, 4) is 5.69 Å². The summed E-state index contributed by atoms with van der Waals surface area (Å²) in [6.45, 7) is 1.98. The fourth-order valence-electron chi connectivity index (χ4n) is 2.70. The molecule has 2 aromatic rings. The van der Waals surface area contributed by atoms with Crippen LogP contribution < -0.4 is 0 Å². The molecule has 0 bridgehead atoms. The highest BCUT2D eigenvalue weighted by atomic mass is 32.2. The second-order valence-electron chi connectivity index (χ2n) is 6.06. The van der Waals surface area contributed by atoms with E-state index in [0.29, 0.717) is 11.6 Å². The molecule has 3 rings (SSSR count). The zero-order chi connectivity index (χ0) is 18.0. The second-order valence-corrected chi connectivity index (χ2v) is 9.23. The number of rotatable bonds is 5. The molecule has 134 valence electrons. The van der Waals surface area contributed by atoms with Gasteiger partial charge in [0.25, 0.3) is 0 Å². The molecule has 2 heterocycles. The van der Waals surface area contributed by atoms with Crippen LogP contribution in [0.25, 0.3) is 5.69 Å². The lowest BCUT2D eigenvalue weighted by atomic mass is 10.2. The lowest BCUT2D eigenvalue weighted by Crippen LogP contribution is -2.38. The number of aromatic nitrogens is 4. The van der Waals surface area contributed by atoms with Crippen molar-refractivity contribution in [1.82, 2.24) is 25.1 Å². The van der Waals surface area contributed by atoms with Crippen molar-refractivity contribution in [1.29, 1.82) is 0 Å². The summed E-state index contributed by atoms with van der Waals surface area (Å²) in [6, 6.07) is 7.50. The standard InChI is InChI=1S/C15H19N5O3S2/c1-11-4-3-5-12(8-11)20-15(16-17-18-20)24-9-14(21)19(2)13-6-7-25(22,23)10-13/h3-5,8,13H,6-7,9-10H2,1-2H3/t13-/m1/s1. The van der Waals surface area contributed by atoms with Gasteiger partial charge in [-0.15, -0.1) is 5.10 Å². The van der Waals surface area contributed by atoms with Gasteiger partial charge in [0.15, 0.2) is 9.84 Å². The molecule has 8 nitrogen and oxygen atoms in total. The minimum Gasteiger partial charge on any atom is -0.341 e. The predicted molar refractivity (Wildman–Crippen MR) is 94.4 cm³/mol. The monoisotopic (exact) mass is 381 g/mol. The molecular formula is C15H19N5O3S2. The third kappa shape index (κ3) is 4.18. The maximum Gasteiger partial charge on any atom is 0.233 e. The van der Waals surface area contributed by atoms with Crippen molar-refractivity contribution in [2.75, 3.05) is 24.3 Å². The summed E-state index contributed by atoms with van der Waals surface area (Å²) in [5.74, 6) is 0.208. The van der Waals surface area contributed by atoms with E-state index in [1.807, 2.05) is 31.2 Å². The number of carbonyl (C=O) groups is 1. The Labute approximate surface area is 150 Å². The highest BCUT2D eigenvalue weighted by Gasteiger charge is 2.32. The molecule has 1 fully saturated rings. The summed E-state index contributed by atoms with van der Waals surface area (Å²) < 4.78 is 24.7. The fraction of sp³-hybridized carbons (Fsp3) is 0.467. The van der Waals surface area contributed by atoms with Gasteiger partial charge < -0.3 is 4.90 Å². The molecule has 0 N–H and O–H groups in total. The molecule has 0 saturated carbocycles. The van der Waals surface area contributed by atoms with Crippen LogP contribution in [0, 0.1) is 6.92 Å². The summed E-state index contributed by atoms with van der Waals surface area (Å²) in [4.78, 5) is 13.9. The average Bonchev–Trinajstić information content (AvgIpc) is 3.18. The van der Waals surface area contributed by atoms with Crippen molar-refractivity contribution >= 4 is 27.5 Å². The lowest BCUT2D eigenvalue weighted by Gasteiger charge is -2.23. The molecule has 1 aromatic carbocycles. The third-order valence-corrected chi connectivity index (χ3v) is 6.82. The summed E-state index contributed by atoms with van der Waals surface area (Å²) in [6.07, 6.45) is 0.496. The summed E-state index contributed by atoms with van der Waals surface area (Å²) >= 11 is 1.24. The number of thioether (sulfide) groups is 1. The maximum absolute atomic E-state index is 12.4. The van der Waals surface area contributed by atoms with Gasteiger partial charge in [-0.25, -0.2) is 8.42 Å². The minimum atomic E-state index is -3.02. The van der Waals surface area contributed by atoms with E-state index < -0.39 is 9.84 Å². The molecule has 1 aliphatic heterocycles. The van der Waals surface area contributed by atoms with Gasteiger partial charge in [-0.2, -0.15) is 4.68 Å². The molecule has 0 radical (unpaired) electrons. The van der Waals surface area contributed by atoms with E-state index in [4.69, 9.17) is 0 Å². The Balaban J connectivity index is 1.65. The van der Waals surface area contributed by atoms with Crippen molar-refractivity contribution < 1.29 is 13.2 Å². The quantitative estimate of drug-likeness (QED) is 0.703. The average molecular weight is 381 g/mol. The largest absolute Gasteiger partial charge is 0.341 e. The van der Waals surface area contributed by atoms with Gasteiger partial charge in [-0.1, -0.05) is 23.9 Å². The molecule has 25 heavy (non-hydrogen) atoms. The molecule has 1 aliphatic rings. The second kappa shape index (κ2) is 7.12. The number of hydrogen-bond donors (Lipinski definition) is 0. The Bertz CT molecular complexity index is 881. The Morgan fingerprint density at radius 1 is 1.44 bits per heavy atom. The topological polar surface area (TPSA) is 98.1 Å². The van der Waals surface area contributed by atoms with E-state index in [0.717, 1.165) is 11.3 Å². The molecule has 0 spiro atoms. The van der Waals surface area contributed by atoms with Crippen molar-refractivity contribution in [2.45, 2.75) is 24.5 Å². The van der Waals surface area contributed by atoms with Gasteiger partial charge in [-0.05, 0) is 41.5 Å². The van der Waals surface area contributed by atoms with Crippen LogP contribution in [0.3, 0.4) is 0 Å². The van der Waals surface area contributed by atoms with E-state index >= 15 is 0 Å². The molecule has 1 saturated heterocycles. The van der Waals surface area contributed by atoms with Crippen LogP contribution in [0.2, 0.25) is 0 Å². The van der Waals surface area contributed by atoms with E-state index in [1.165, 1.54) is 16.7 Å². The van der Waals surface area contributed by atoms with Crippen LogP contribution in [0.4, 0.5) is 0 Å². The third-order valence-electron chi connectivity index (χ3n) is 4.16. The predicted octanol–water partition coefficient (Wildman–Crippen LogP) is 0.708. The Hall–Kier alpha value is -1.94. The minimum absolute atomic E-state index is 0.0426. The first-order chi connectivity index (χ1) is 11.9. The van der Waals surface area contributed by atoms with Gasteiger partial charge in [0.2, 0.25) is 11.1 Å². The highest BCUT2D eigenvalue weighted by Crippen LogP contribution is 2.21. The zero-order valence-corrected chi connectivity index (χ0v) is 15.6. The summed E-state index contributed by atoms with van der Waals surface area (Å²) in [7, 11) is -1.37. The van der Waals surface area contributed by atoms with Crippen molar-refractivity contribution in [2.24, 2.45) is 0 Å². The number of nitrogens with zero attached hydrogens (tertiary/aromatic N) is 5. The molecule has 0 aliphatic carbocycles. The van der Waals surface area contributed by atoms with Gasteiger partial charge in [0.05, 0.1) is 22.9 Å². The smallest absolute Gasteiger partial charge is 0.233 e. The SMILES string of the molecule is Cc1cccc(-n2nnnc2SCC(=O)N(C)[C@@H]2CCS(=O)(=O)C2)c1. The van der Waals surface area contributed by atoms with Crippen LogP contribution in [-0.4, -0.2) is 69.8 Å². The van der Waals surface area contributed by atoms with Gasteiger partial charge in [0, 0.05) is 13.1 Å². The van der Waals surface area contributed by atoms with E-state index in [2.05, 4.69) is 15.5 Å². The molecular weight excluding hydrogens is 362 g/mol. The molecule has 0 unspecified atom stereocenters. The molecule has 1 amide bonds.